The van der Waals surface area contributed by atoms with Crippen LogP contribution < -0.4 is 5.14 Å². The van der Waals surface area contributed by atoms with Gasteiger partial charge < -0.3 is 4.74 Å². The van der Waals surface area contributed by atoms with Crippen LogP contribution in [0, 0.1) is 0 Å². The van der Waals surface area contributed by atoms with Gasteiger partial charge in [0.05, 0.1) is 15.5 Å². The molecule has 5 nitrogen and oxygen atoms in total. The fourth-order valence-corrected chi connectivity index (χ4v) is 3.61. The van der Waals surface area contributed by atoms with Crippen LogP contribution in [0.2, 0.25) is 5.02 Å². The van der Waals surface area contributed by atoms with E-state index in [1.54, 1.807) is 0 Å². The number of ether oxygens (including phenoxy) is 1. The van der Waals surface area contributed by atoms with Crippen molar-refractivity contribution in [1.29, 1.82) is 0 Å². The fraction of sp³-hybridized carbons (Fsp3) is 0.364. The normalized spacial score (nSPS) is 15.9. The number of hydrogen-bond donors (Lipinski definition) is 1. The SMILES string of the molecule is NS(=O)(=O)c1cc(C(=O)OC2CCC2)c(Cl)cc1Br. The Kier molecular flexibility index (Phi) is 4.20. The molecule has 2 N–H and O–H groups in total. The van der Waals surface area contributed by atoms with Crippen LogP contribution in [0.15, 0.2) is 21.5 Å². The van der Waals surface area contributed by atoms with E-state index in [9.17, 15) is 13.2 Å². The highest BCUT2D eigenvalue weighted by atomic mass is 79.9. The third kappa shape index (κ3) is 3.28. The zero-order chi connectivity index (χ0) is 14.2. The summed E-state index contributed by atoms with van der Waals surface area (Å²) >= 11 is 8.97. The van der Waals surface area contributed by atoms with Gasteiger partial charge in [-0.25, -0.2) is 18.4 Å². The highest BCUT2D eigenvalue weighted by molar-refractivity contribution is 9.10. The number of sulfonamides is 1. The van der Waals surface area contributed by atoms with Gasteiger partial charge >= 0.3 is 5.97 Å². The van der Waals surface area contributed by atoms with Gasteiger partial charge in [0.15, 0.2) is 0 Å². The van der Waals surface area contributed by atoms with Crippen molar-refractivity contribution in [2.24, 2.45) is 5.14 Å². The Hall–Kier alpha value is -0.630. The topological polar surface area (TPSA) is 86.5 Å². The zero-order valence-electron chi connectivity index (χ0n) is 9.73. The van der Waals surface area contributed by atoms with E-state index in [2.05, 4.69) is 15.9 Å². The van der Waals surface area contributed by atoms with Crippen molar-refractivity contribution in [2.45, 2.75) is 30.3 Å². The maximum Gasteiger partial charge on any atom is 0.339 e. The number of carbonyl (C=O) groups is 1. The summed E-state index contributed by atoms with van der Waals surface area (Å²) in [5, 5.41) is 5.18. The predicted octanol–water partition coefficient (Wildman–Crippen LogP) is 2.46. The van der Waals surface area contributed by atoms with Crippen molar-refractivity contribution < 1.29 is 17.9 Å². The summed E-state index contributed by atoms with van der Waals surface area (Å²) in [4.78, 5) is 11.7. The first-order chi connectivity index (χ1) is 8.79. The Morgan fingerprint density at radius 3 is 2.53 bits per heavy atom. The van der Waals surface area contributed by atoms with Crippen LogP contribution >= 0.6 is 27.5 Å². The Labute approximate surface area is 124 Å². The monoisotopic (exact) mass is 367 g/mol. The van der Waals surface area contributed by atoms with Gasteiger partial charge in [-0.2, -0.15) is 0 Å². The van der Waals surface area contributed by atoms with Crippen molar-refractivity contribution >= 4 is 43.5 Å². The van der Waals surface area contributed by atoms with Crippen molar-refractivity contribution in [1.82, 2.24) is 0 Å². The summed E-state index contributed by atoms with van der Waals surface area (Å²) in [7, 11) is -3.94. The minimum Gasteiger partial charge on any atom is -0.459 e. The van der Waals surface area contributed by atoms with Crippen LogP contribution in [-0.2, 0) is 14.8 Å². The molecule has 1 fully saturated rings. The van der Waals surface area contributed by atoms with Gasteiger partial charge in [0.1, 0.15) is 6.10 Å². The lowest BCUT2D eigenvalue weighted by molar-refractivity contribution is 0.00900. The van der Waals surface area contributed by atoms with E-state index in [1.165, 1.54) is 6.07 Å². The molecule has 0 atom stereocenters. The maximum atomic E-state index is 11.9. The Morgan fingerprint density at radius 1 is 1.42 bits per heavy atom. The van der Waals surface area contributed by atoms with E-state index < -0.39 is 16.0 Å². The van der Waals surface area contributed by atoms with E-state index >= 15 is 0 Å². The molecule has 0 amide bonds. The summed E-state index contributed by atoms with van der Waals surface area (Å²) in [6.07, 6.45) is 2.56. The van der Waals surface area contributed by atoms with Gasteiger partial charge in [0.2, 0.25) is 10.0 Å². The van der Waals surface area contributed by atoms with E-state index in [-0.39, 0.29) is 26.1 Å². The Morgan fingerprint density at radius 2 is 2.05 bits per heavy atom. The molecule has 1 saturated carbocycles. The molecular formula is C11H11BrClNO4S. The Bertz CT molecular complexity index is 628. The lowest BCUT2D eigenvalue weighted by atomic mass is 9.96. The standard InChI is InChI=1S/C11H11BrClNO4S/c12-8-5-9(13)7(4-10(8)19(14,16)17)11(15)18-6-2-1-3-6/h4-6H,1-3H2,(H2,14,16,17). The first-order valence-corrected chi connectivity index (χ1v) is 8.23. The highest BCUT2D eigenvalue weighted by Crippen LogP contribution is 2.30. The molecule has 19 heavy (non-hydrogen) atoms. The third-order valence-corrected chi connectivity index (χ3v) is 5.06. The average molecular weight is 369 g/mol. The zero-order valence-corrected chi connectivity index (χ0v) is 12.9. The summed E-state index contributed by atoms with van der Waals surface area (Å²) in [5.41, 5.74) is 0.000733. The Balaban J connectivity index is 2.36. The lowest BCUT2D eigenvalue weighted by Gasteiger charge is -2.25. The van der Waals surface area contributed by atoms with Crippen LogP contribution in [0.25, 0.3) is 0 Å². The molecule has 1 aliphatic carbocycles. The summed E-state index contributed by atoms with van der Waals surface area (Å²) in [6.45, 7) is 0. The second-order valence-electron chi connectivity index (χ2n) is 4.27. The van der Waals surface area contributed by atoms with Crippen molar-refractivity contribution in [3.05, 3.63) is 27.2 Å². The van der Waals surface area contributed by atoms with Crippen molar-refractivity contribution in [3.63, 3.8) is 0 Å². The van der Waals surface area contributed by atoms with Gasteiger partial charge in [-0.1, -0.05) is 11.6 Å². The number of benzene rings is 1. The van der Waals surface area contributed by atoms with Crippen LogP contribution in [0.1, 0.15) is 29.6 Å². The van der Waals surface area contributed by atoms with Gasteiger partial charge in [-0.3, -0.25) is 0 Å². The average Bonchev–Trinajstić information content (AvgIpc) is 2.21. The number of nitrogens with two attached hydrogens (primary N) is 1. The highest BCUT2D eigenvalue weighted by Gasteiger charge is 2.25. The number of rotatable bonds is 3. The van der Waals surface area contributed by atoms with Crippen molar-refractivity contribution in [3.8, 4) is 0 Å². The number of esters is 1. The number of primary sulfonamides is 1. The van der Waals surface area contributed by atoms with Gasteiger partial charge in [-0.15, -0.1) is 0 Å². The molecule has 8 heteroatoms. The molecule has 1 aliphatic rings. The van der Waals surface area contributed by atoms with Gasteiger partial charge in [-0.05, 0) is 47.3 Å². The molecule has 1 aromatic rings. The molecule has 1 aromatic carbocycles. The first kappa shape index (κ1) is 14.8. The molecule has 0 aromatic heterocycles. The maximum absolute atomic E-state index is 11.9. The third-order valence-electron chi connectivity index (χ3n) is 2.87. The van der Waals surface area contributed by atoms with Crippen LogP contribution in [0.3, 0.4) is 0 Å². The lowest BCUT2D eigenvalue weighted by Crippen LogP contribution is -2.25. The molecular weight excluding hydrogens is 358 g/mol. The molecule has 0 heterocycles. The van der Waals surface area contributed by atoms with E-state index in [1.807, 2.05) is 0 Å². The molecule has 0 bridgehead atoms. The second kappa shape index (κ2) is 5.40. The number of carbonyl (C=O) groups excluding carboxylic acids is 1. The first-order valence-electron chi connectivity index (χ1n) is 5.52. The quantitative estimate of drug-likeness (QED) is 0.830. The van der Waals surface area contributed by atoms with Crippen LogP contribution in [-0.4, -0.2) is 20.5 Å². The fourth-order valence-electron chi connectivity index (χ4n) is 1.61. The summed E-state index contributed by atoms with van der Waals surface area (Å²) in [6, 6.07) is 2.45. The summed E-state index contributed by atoms with van der Waals surface area (Å²) in [5.74, 6) is -0.632. The molecule has 0 spiro atoms. The predicted molar refractivity (Wildman–Crippen MR) is 73.6 cm³/mol. The number of hydrogen-bond acceptors (Lipinski definition) is 4. The second-order valence-corrected chi connectivity index (χ2v) is 7.06. The minimum atomic E-state index is -3.94. The largest absolute Gasteiger partial charge is 0.459 e. The van der Waals surface area contributed by atoms with Gasteiger partial charge in [0.25, 0.3) is 0 Å². The van der Waals surface area contributed by atoms with Crippen LogP contribution in [0.4, 0.5) is 0 Å². The molecule has 2 rings (SSSR count). The smallest absolute Gasteiger partial charge is 0.339 e. The molecule has 0 radical (unpaired) electrons. The number of halogens is 2. The van der Waals surface area contributed by atoms with E-state index in [0.29, 0.717) is 0 Å². The van der Waals surface area contributed by atoms with E-state index in [0.717, 1.165) is 25.3 Å². The van der Waals surface area contributed by atoms with Crippen molar-refractivity contribution in [2.75, 3.05) is 0 Å². The minimum absolute atomic E-state index is 0.000733. The molecule has 0 aliphatic heterocycles. The van der Waals surface area contributed by atoms with Crippen LogP contribution in [0.5, 0.6) is 0 Å². The summed E-state index contributed by atoms with van der Waals surface area (Å²) < 4.78 is 28.2. The van der Waals surface area contributed by atoms with E-state index in [4.69, 9.17) is 21.5 Å². The molecule has 0 saturated heterocycles. The molecule has 104 valence electrons. The molecule has 0 unspecified atom stereocenters. The van der Waals surface area contributed by atoms with Gasteiger partial charge in [0, 0.05) is 4.47 Å².